The predicted octanol–water partition coefficient (Wildman–Crippen LogP) is 5.27. The van der Waals surface area contributed by atoms with Crippen LogP contribution < -0.4 is 5.56 Å². The SMILES string of the molecule is Cc1ccc2c(-c3ccc(F)cc3F)cn([C@H]3CCO[C@H](c4cnn(C5CC5)c4)C3)c(=O)c2n1. The van der Waals surface area contributed by atoms with Crippen LogP contribution in [0.15, 0.2) is 53.7 Å². The Balaban J connectivity index is 1.44. The van der Waals surface area contributed by atoms with E-state index in [9.17, 15) is 13.6 Å². The first kappa shape index (κ1) is 21.2. The fraction of sp³-hybridized carbons (Fsp3) is 0.346. The Morgan fingerprint density at radius 3 is 2.68 bits per heavy atom. The second-order valence-corrected chi connectivity index (χ2v) is 9.25. The molecule has 0 bridgehead atoms. The monoisotopic (exact) mass is 462 g/mol. The van der Waals surface area contributed by atoms with Gasteiger partial charge >= 0.3 is 0 Å². The molecule has 6 rings (SSSR count). The molecule has 1 saturated carbocycles. The third-order valence-corrected chi connectivity index (χ3v) is 6.82. The molecule has 6 nitrogen and oxygen atoms in total. The number of nitrogens with zero attached hydrogens (tertiary/aromatic N) is 4. The number of rotatable bonds is 4. The molecule has 3 aromatic heterocycles. The molecule has 1 aliphatic heterocycles. The molecule has 0 radical (unpaired) electrons. The molecule has 1 aliphatic carbocycles. The summed E-state index contributed by atoms with van der Waals surface area (Å²) in [5.74, 6) is -1.32. The lowest BCUT2D eigenvalue weighted by atomic mass is 9.97. The number of ether oxygens (including phenoxy) is 1. The van der Waals surface area contributed by atoms with E-state index in [1.54, 1.807) is 22.9 Å². The van der Waals surface area contributed by atoms with E-state index in [4.69, 9.17) is 4.74 Å². The molecule has 0 spiro atoms. The van der Waals surface area contributed by atoms with Crippen LogP contribution in [0, 0.1) is 18.6 Å². The van der Waals surface area contributed by atoms with Gasteiger partial charge in [0, 0.05) is 58.9 Å². The molecule has 0 unspecified atom stereocenters. The zero-order valence-corrected chi connectivity index (χ0v) is 18.7. The fourth-order valence-electron chi connectivity index (χ4n) is 4.84. The summed E-state index contributed by atoms with van der Waals surface area (Å²) in [7, 11) is 0. The minimum Gasteiger partial charge on any atom is -0.373 e. The van der Waals surface area contributed by atoms with Gasteiger partial charge < -0.3 is 9.30 Å². The van der Waals surface area contributed by atoms with Crippen LogP contribution in [-0.2, 0) is 4.74 Å². The molecule has 174 valence electrons. The number of benzene rings is 1. The topological polar surface area (TPSA) is 61.9 Å². The number of aromatic nitrogens is 4. The van der Waals surface area contributed by atoms with Crippen LogP contribution in [0.2, 0.25) is 0 Å². The third kappa shape index (κ3) is 3.72. The van der Waals surface area contributed by atoms with Crippen LogP contribution in [-0.4, -0.2) is 25.9 Å². The zero-order chi connectivity index (χ0) is 23.4. The van der Waals surface area contributed by atoms with Crippen LogP contribution >= 0.6 is 0 Å². The van der Waals surface area contributed by atoms with Gasteiger partial charge in [-0.3, -0.25) is 9.48 Å². The van der Waals surface area contributed by atoms with E-state index in [1.165, 1.54) is 12.1 Å². The standard InChI is InChI=1S/C26H24F2N4O2/c1-15-2-6-21-22(20-7-3-17(27)10-23(20)28)14-31(26(33)25(21)30-15)19-8-9-34-24(11-19)16-12-29-32(13-16)18-4-5-18/h2-3,6-7,10,12-14,18-19,24H,4-5,8-9,11H2,1H3/t19-,24-/m0/s1. The fourth-order valence-corrected chi connectivity index (χ4v) is 4.84. The first-order valence-electron chi connectivity index (χ1n) is 11.6. The first-order chi connectivity index (χ1) is 16.5. The van der Waals surface area contributed by atoms with Crippen molar-refractivity contribution in [1.29, 1.82) is 0 Å². The van der Waals surface area contributed by atoms with Crippen LogP contribution in [0.1, 0.15) is 55.1 Å². The summed E-state index contributed by atoms with van der Waals surface area (Å²) >= 11 is 0. The van der Waals surface area contributed by atoms with E-state index < -0.39 is 11.6 Å². The Labute approximate surface area is 194 Å². The molecule has 34 heavy (non-hydrogen) atoms. The summed E-state index contributed by atoms with van der Waals surface area (Å²) in [6, 6.07) is 7.40. The Bertz CT molecular complexity index is 1460. The van der Waals surface area contributed by atoms with E-state index in [2.05, 4.69) is 10.1 Å². The molecule has 8 heteroatoms. The summed E-state index contributed by atoms with van der Waals surface area (Å²) < 4.78 is 38.1. The van der Waals surface area contributed by atoms with Gasteiger partial charge in [-0.1, -0.05) is 6.07 Å². The number of halogens is 2. The van der Waals surface area contributed by atoms with Gasteiger partial charge in [0.15, 0.2) is 0 Å². The number of hydrogen-bond acceptors (Lipinski definition) is 4. The maximum Gasteiger partial charge on any atom is 0.277 e. The zero-order valence-electron chi connectivity index (χ0n) is 18.7. The van der Waals surface area contributed by atoms with E-state index >= 15 is 0 Å². The molecule has 0 amide bonds. The van der Waals surface area contributed by atoms with Gasteiger partial charge in [-0.05, 0) is 50.8 Å². The highest BCUT2D eigenvalue weighted by Crippen LogP contribution is 2.38. The minimum absolute atomic E-state index is 0.149. The summed E-state index contributed by atoms with van der Waals surface area (Å²) in [5.41, 5.74) is 2.52. The number of fused-ring (bicyclic) bond motifs is 1. The molecule has 1 aromatic carbocycles. The first-order valence-corrected chi connectivity index (χ1v) is 11.6. The van der Waals surface area contributed by atoms with E-state index in [0.29, 0.717) is 42.1 Å². The molecular weight excluding hydrogens is 438 g/mol. The van der Waals surface area contributed by atoms with Crippen LogP contribution in [0.5, 0.6) is 0 Å². The lowest BCUT2D eigenvalue weighted by molar-refractivity contribution is -0.00760. The van der Waals surface area contributed by atoms with Crippen LogP contribution in [0.25, 0.3) is 22.0 Å². The van der Waals surface area contributed by atoms with Gasteiger partial charge in [-0.15, -0.1) is 0 Å². The van der Waals surface area contributed by atoms with Crippen molar-refractivity contribution in [2.45, 2.75) is 50.8 Å². The summed E-state index contributed by atoms with van der Waals surface area (Å²) in [6.45, 7) is 2.31. The average molecular weight is 463 g/mol. The van der Waals surface area contributed by atoms with Gasteiger partial charge in [-0.2, -0.15) is 5.10 Å². The molecule has 2 fully saturated rings. The van der Waals surface area contributed by atoms with Crippen molar-refractivity contribution in [3.05, 3.63) is 82.2 Å². The highest BCUT2D eigenvalue weighted by molar-refractivity contribution is 5.94. The molecule has 4 heterocycles. The maximum atomic E-state index is 14.8. The van der Waals surface area contributed by atoms with Crippen molar-refractivity contribution < 1.29 is 13.5 Å². The molecule has 2 atom stereocenters. The highest BCUT2D eigenvalue weighted by Gasteiger charge is 2.30. The van der Waals surface area contributed by atoms with E-state index in [1.807, 2.05) is 24.0 Å². The second-order valence-electron chi connectivity index (χ2n) is 9.25. The second kappa shape index (κ2) is 8.13. The number of pyridine rings is 2. The lowest BCUT2D eigenvalue weighted by Gasteiger charge is -2.31. The number of hydrogen-bond donors (Lipinski definition) is 0. The quantitative estimate of drug-likeness (QED) is 0.414. The Hall–Kier alpha value is -3.39. The van der Waals surface area contributed by atoms with Crippen molar-refractivity contribution in [3.63, 3.8) is 0 Å². The van der Waals surface area contributed by atoms with Crippen LogP contribution in [0.4, 0.5) is 8.78 Å². The Kier molecular flexibility index (Phi) is 5.06. The lowest BCUT2D eigenvalue weighted by Crippen LogP contribution is -2.31. The van der Waals surface area contributed by atoms with Crippen molar-refractivity contribution in [2.24, 2.45) is 0 Å². The molecule has 4 aromatic rings. The predicted molar refractivity (Wildman–Crippen MR) is 124 cm³/mol. The normalized spacial score (nSPS) is 20.7. The Morgan fingerprint density at radius 1 is 1.03 bits per heavy atom. The minimum atomic E-state index is -0.676. The van der Waals surface area contributed by atoms with Gasteiger partial charge in [-0.25, -0.2) is 13.8 Å². The largest absolute Gasteiger partial charge is 0.373 e. The molecule has 2 aliphatic rings. The van der Waals surface area contributed by atoms with Crippen molar-refractivity contribution >= 4 is 10.9 Å². The molecular formula is C26H24F2N4O2. The maximum absolute atomic E-state index is 14.8. The molecule has 0 N–H and O–H groups in total. The van der Waals surface area contributed by atoms with Gasteiger partial charge in [0.05, 0.1) is 18.3 Å². The van der Waals surface area contributed by atoms with Crippen LogP contribution in [0.3, 0.4) is 0 Å². The van der Waals surface area contributed by atoms with Crippen molar-refractivity contribution in [2.75, 3.05) is 6.61 Å². The summed E-state index contributed by atoms with van der Waals surface area (Å²) in [5, 5.41) is 5.02. The van der Waals surface area contributed by atoms with Gasteiger partial charge in [0.25, 0.3) is 5.56 Å². The molecule has 1 saturated heterocycles. The average Bonchev–Trinajstić information content (AvgIpc) is 3.56. The van der Waals surface area contributed by atoms with Crippen molar-refractivity contribution in [1.82, 2.24) is 19.3 Å². The number of aryl methyl sites for hydroxylation is 1. The van der Waals surface area contributed by atoms with Crippen molar-refractivity contribution in [3.8, 4) is 11.1 Å². The Morgan fingerprint density at radius 2 is 1.88 bits per heavy atom. The van der Waals surface area contributed by atoms with Gasteiger partial charge in [0.1, 0.15) is 17.2 Å². The smallest absolute Gasteiger partial charge is 0.277 e. The summed E-state index contributed by atoms with van der Waals surface area (Å²) in [4.78, 5) is 18.0. The summed E-state index contributed by atoms with van der Waals surface area (Å²) in [6.07, 6.45) is 8.95. The van der Waals surface area contributed by atoms with E-state index in [0.717, 1.165) is 24.5 Å². The van der Waals surface area contributed by atoms with Gasteiger partial charge in [0.2, 0.25) is 0 Å². The van der Waals surface area contributed by atoms with E-state index in [-0.39, 0.29) is 28.8 Å². The highest BCUT2D eigenvalue weighted by atomic mass is 19.1. The third-order valence-electron chi connectivity index (χ3n) is 6.82.